The van der Waals surface area contributed by atoms with E-state index < -0.39 is 12.0 Å². The summed E-state index contributed by atoms with van der Waals surface area (Å²) in [5, 5.41) is 7.45. The summed E-state index contributed by atoms with van der Waals surface area (Å²) < 4.78 is 6.64. The third-order valence-corrected chi connectivity index (χ3v) is 8.75. The fourth-order valence-corrected chi connectivity index (χ4v) is 6.52. The van der Waals surface area contributed by atoms with Gasteiger partial charge in [-0.2, -0.15) is 5.10 Å². The molecule has 0 unspecified atom stereocenters. The van der Waals surface area contributed by atoms with Gasteiger partial charge in [0, 0.05) is 31.1 Å². The molecule has 3 aromatic rings. The lowest BCUT2D eigenvalue weighted by Crippen LogP contribution is -2.45. The molecule has 1 saturated heterocycles. The number of hydrogen-bond donors (Lipinski definition) is 1. The number of piperidine rings is 1. The number of amides is 2. The average Bonchev–Trinajstić information content (AvgIpc) is 3.71. The van der Waals surface area contributed by atoms with E-state index in [1.807, 2.05) is 17.1 Å². The van der Waals surface area contributed by atoms with E-state index in [-0.39, 0.29) is 5.69 Å². The molecule has 0 atom stereocenters. The second kappa shape index (κ2) is 12.6. The maximum absolute atomic E-state index is 13.7. The zero-order valence-corrected chi connectivity index (χ0v) is 24.8. The Hall–Kier alpha value is -3.03. The lowest BCUT2D eigenvalue weighted by molar-refractivity contribution is 0.0745. The monoisotopic (exact) mass is 599 g/mol. The molecule has 3 heterocycles. The van der Waals surface area contributed by atoms with Crippen LogP contribution in [0, 0.1) is 17.8 Å². The molecule has 1 aromatic carbocycles. The number of methoxy groups -OCH3 is 1. The van der Waals surface area contributed by atoms with E-state index in [4.69, 9.17) is 33.0 Å². The Labute approximate surface area is 248 Å². The lowest BCUT2D eigenvalue weighted by Gasteiger charge is -2.26. The fourth-order valence-electron chi connectivity index (χ4n) is 5.14. The maximum Gasteiger partial charge on any atom is 0.413 e. The number of nitrogens with one attached hydrogen (secondary N) is 1. The van der Waals surface area contributed by atoms with E-state index in [2.05, 4.69) is 17.3 Å². The van der Waals surface area contributed by atoms with Crippen LogP contribution in [0.4, 0.5) is 10.5 Å². The topological polar surface area (TPSA) is 79.7 Å². The van der Waals surface area contributed by atoms with E-state index in [1.54, 1.807) is 29.9 Å². The van der Waals surface area contributed by atoms with Crippen molar-refractivity contribution in [2.24, 2.45) is 5.92 Å². The molecule has 11 heteroatoms. The van der Waals surface area contributed by atoms with Gasteiger partial charge in [-0.1, -0.05) is 54.3 Å². The van der Waals surface area contributed by atoms with Gasteiger partial charge in [0.1, 0.15) is 11.4 Å². The van der Waals surface area contributed by atoms with Gasteiger partial charge in [0.05, 0.1) is 27.6 Å². The summed E-state index contributed by atoms with van der Waals surface area (Å²) in [5.41, 5.74) is 4.41. The molecule has 1 aliphatic heterocycles. The van der Waals surface area contributed by atoms with Crippen LogP contribution in [0.2, 0.25) is 10.0 Å². The Morgan fingerprint density at radius 1 is 1.10 bits per heavy atom. The van der Waals surface area contributed by atoms with E-state index in [9.17, 15) is 9.59 Å². The van der Waals surface area contributed by atoms with Crippen molar-refractivity contribution in [2.45, 2.75) is 44.9 Å². The number of carbonyl (C=O) groups is 2. The van der Waals surface area contributed by atoms with Crippen LogP contribution in [0.3, 0.4) is 0 Å². The van der Waals surface area contributed by atoms with Crippen LogP contribution in [0.5, 0.6) is 0 Å². The number of aromatic nitrogens is 2. The van der Waals surface area contributed by atoms with Crippen molar-refractivity contribution in [3.63, 3.8) is 0 Å². The first-order valence-corrected chi connectivity index (χ1v) is 15.0. The van der Waals surface area contributed by atoms with Gasteiger partial charge in [0.2, 0.25) is 0 Å². The molecular formula is C29H31Cl2N5O3S. The molecule has 2 amide bonds. The van der Waals surface area contributed by atoms with Crippen molar-refractivity contribution in [1.29, 1.82) is 0 Å². The van der Waals surface area contributed by atoms with Gasteiger partial charge in [-0.15, -0.1) is 11.3 Å². The average molecular weight is 601 g/mol. The van der Waals surface area contributed by atoms with Crippen molar-refractivity contribution >= 4 is 52.2 Å². The zero-order valence-electron chi connectivity index (χ0n) is 22.5. The largest absolute Gasteiger partial charge is 0.452 e. The van der Waals surface area contributed by atoms with Crippen molar-refractivity contribution in [3.05, 3.63) is 50.9 Å². The highest BCUT2D eigenvalue weighted by atomic mass is 35.5. The number of hydrazine groups is 1. The molecule has 2 aromatic heterocycles. The lowest BCUT2D eigenvalue weighted by atomic mass is 10.1. The molecule has 1 N–H and O–H groups in total. The zero-order chi connectivity index (χ0) is 28.2. The summed E-state index contributed by atoms with van der Waals surface area (Å²) in [4.78, 5) is 29.5. The molecule has 1 aliphatic carbocycles. The normalized spacial score (nSPS) is 15.9. The Kier molecular flexibility index (Phi) is 9.01. The summed E-state index contributed by atoms with van der Waals surface area (Å²) in [5.74, 6) is 6.74. The number of benzene rings is 1. The van der Waals surface area contributed by atoms with Gasteiger partial charge in [0.15, 0.2) is 5.69 Å². The third-order valence-electron chi connectivity index (χ3n) is 7.21. The number of hydrogen-bond acceptors (Lipinski definition) is 6. The van der Waals surface area contributed by atoms with Crippen LogP contribution in [-0.4, -0.2) is 54.0 Å². The summed E-state index contributed by atoms with van der Waals surface area (Å²) in [6.45, 7) is 1.50. The quantitative estimate of drug-likeness (QED) is 0.327. The van der Waals surface area contributed by atoms with Gasteiger partial charge in [0.25, 0.3) is 5.91 Å². The van der Waals surface area contributed by atoms with Crippen molar-refractivity contribution in [2.75, 3.05) is 32.1 Å². The maximum atomic E-state index is 13.7. The minimum absolute atomic E-state index is 0.0754. The van der Waals surface area contributed by atoms with Crippen molar-refractivity contribution < 1.29 is 14.3 Å². The van der Waals surface area contributed by atoms with Crippen LogP contribution in [0.1, 0.15) is 60.3 Å². The number of halogens is 2. The van der Waals surface area contributed by atoms with Crippen LogP contribution < -0.4 is 10.3 Å². The van der Waals surface area contributed by atoms with Gasteiger partial charge >= 0.3 is 6.09 Å². The number of nitrogens with zero attached hydrogens (tertiary/aromatic N) is 4. The molecule has 2 aliphatic rings. The van der Waals surface area contributed by atoms with E-state index in [1.165, 1.54) is 36.2 Å². The molecule has 0 radical (unpaired) electrons. The summed E-state index contributed by atoms with van der Waals surface area (Å²) >= 11 is 14.3. The standard InChI is InChI=1S/C29H31Cl2N5O3S/c1-34(29(38)39-2)27-25(28(37)33-35-16-6-3-7-17-35)32-36(23-14-11-20(30)18-22(23)31)26(27)24-15-13-21(40-24)12-10-19-8-4-5-9-19/h11,13-15,18-19H,3-9,16-17H2,1-2H3,(H,33,37). The van der Waals surface area contributed by atoms with Gasteiger partial charge in [-0.3, -0.25) is 15.1 Å². The minimum Gasteiger partial charge on any atom is -0.452 e. The van der Waals surface area contributed by atoms with Crippen LogP contribution >= 0.6 is 34.5 Å². The Morgan fingerprint density at radius 3 is 2.55 bits per heavy atom. The predicted molar refractivity (Wildman–Crippen MR) is 159 cm³/mol. The number of carbonyl (C=O) groups excluding carboxylic acids is 2. The number of thiophene rings is 1. The molecule has 8 nitrogen and oxygen atoms in total. The van der Waals surface area contributed by atoms with Crippen LogP contribution in [0.25, 0.3) is 16.3 Å². The Balaban J connectivity index is 1.65. The van der Waals surface area contributed by atoms with E-state index in [0.29, 0.717) is 33.0 Å². The molecule has 1 saturated carbocycles. The van der Waals surface area contributed by atoms with Gasteiger partial charge < -0.3 is 4.74 Å². The minimum atomic E-state index is -0.632. The highest BCUT2D eigenvalue weighted by molar-refractivity contribution is 7.16. The third kappa shape index (κ3) is 6.16. The first-order valence-electron chi connectivity index (χ1n) is 13.4. The van der Waals surface area contributed by atoms with Crippen LogP contribution in [-0.2, 0) is 4.74 Å². The van der Waals surface area contributed by atoms with E-state index in [0.717, 1.165) is 54.9 Å². The Morgan fingerprint density at radius 2 is 1.85 bits per heavy atom. The van der Waals surface area contributed by atoms with Crippen molar-refractivity contribution in [3.8, 4) is 28.1 Å². The smallest absolute Gasteiger partial charge is 0.413 e. The second-order valence-corrected chi connectivity index (χ2v) is 11.9. The van der Waals surface area contributed by atoms with Gasteiger partial charge in [-0.25, -0.2) is 14.5 Å². The predicted octanol–water partition coefficient (Wildman–Crippen LogP) is 6.78. The number of anilines is 1. The number of ether oxygens (including phenoxy) is 1. The highest BCUT2D eigenvalue weighted by Crippen LogP contribution is 2.41. The molecule has 0 spiro atoms. The number of rotatable bonds is 5. The summed E-state index contributed by atoms with van der Waals surface area (Å²) in [6.07, 6.45) is 7.20. The first kappa shape index (κ1) is 28.5. The summed E-state index contributed by atoms with van der Waals surface area (Å²) in [6, 6.07) is 8.95. The second-order valence-electron chi connectivity index (χ2n) is 9.99. The first-order chi connectivity index (χ1) is 19.4. The van der Waals surface area contributed by atoms with Crippen LogP contribution in [0.15, 0.2) is 30.3 Å². The van der Waals surface area contributed by atoms with Crippen molar-refractivity contribution in [1.82, 2.24) is 20.2 Å². The molecule has 40 heavy (non-hydrogen) atoms. The highest BCUT2D eigenvalue weighted by Gasteiger charge is 2.32. The molecule has 2 fully saturated rings. The van der Waals surface area contributed by atoms with E-state index >= 15 is 0 Å². The van der Waals surface area contributed by atoms with Gasteiger partial charge in [-0.05, 0) is 56.0 Å². The SMILES string of the molecule is COC(=O)N(C)c1c(C(=O)NN2CCCCC2)nn(-c2ccc(Cl)cc2Cl)c1-c1ccc(C#CC2CCCC2)s1. The molecule has 5 rings (SSSR count). The molecule has 210 valence electrons. The summed E-state index contributed by atoms with van der Waals surface area (Å²) in [7, 11) is 2.86. The Bertz CT molecular complexity index is 1460. The fraction of sp³-hybridized carbons (Fsp3) is 0.414. The molecular weight excluding hydrogens is 569 g/mol. The molecule has 0 bridgehead atoms.